The Hall–Kier alpha value is -2.22. The normalized spacial score (nSPS) is 17.0. The van der Waals surface area contributed by atoms with Crippen molar-refractivity contribution >= 4 is 15.9 Å². The fourth-order valence-corrected chi connectivity index (χ4v) is 4.98. The molecule has 0 unspecified atom stereocenters. The van der Waals surface area contributed by atoms with E-state index in [4.69, 9.17) is 0 Å². The summed E-state index contributed by atoms with van der Waals surface area (Å²) in [7, 11) is -1.35. The molecule has 1 N–H and O–H groups in total. The predicted octanol–water partition coefficient (Wildman–Crippen LogP) is 2.64. The molecule has 1 amide bonds. The number of nitrogens with one attached hydrogen (secondary N) is 1. The van der Waals surface area contributed by atoms with Gasteiger partial charge in [-0.15, -0.1) is 0 Å². The summed E-state index contributed by atoms with van der Waals surface area (Å²) in [6.45, 7) is 4.58. The molecule has 1 aliphatic rings. The SMILES string of the molecule is CC[C@@H](NC(=O)c1ccc(CS(=O)(=O)N2CCN(C)CC2)cc1)c1ccccc1. The van der Waals surface area contributed by atoms with Gasteiger partial charge in [0.1, 0.15) is 0 Å². The highest BCUT2D eigenvalue weighted by Gasteiger charge is 2.26. The molecule has 7 heteroatoms. The van der Waals surface area contributed by atoms with Crippen LogP contribution in [0.2, 0.25) is 0 Å². The Balaban J connectivity index is 1.62. The summed E-state index contributed by atoms with van der Waals surface area (Å²) in [4.78, 5) is 14.7. The zero-order valence-corrected chi connectivity index (χ0v) is 17.9. The molecule has 1 saturated heterocycles. The molecule has 29 heavy (non-hydrogen) atoms. The summed E-state index contributed by atoms with van der Waals surface area (Å²) < 4.78 is 26.9. The Morgan fingerprint density at radius 2 is 1.62 bits per heavy atom. The summed E-state index contributed by atoms with van der Waals surface area (Å²) in [5.41, 5.74) is 2.29. The van der Waals surface area contributed by atoms with Gasteiger partial charge in [0, 0.05) is 31.7 Å². The van der Waals surface area contributed by atoms with Gasteiger partial charge < -0.3 is 10.2 Å². The van der Waals surface area contributed by atoms with E-state index in [0.29, 0.717) is 24.2 Å². The molecule has 1 atom stereocenters. The van der Waals surface area contributed by atoms with E-state index in [1.54, 1.807) is 28.6 Å². The largest absolute Gasteiger partial charge is 0.345 e. The van der Waals surface area contributed by atoms with Gasteiger partial charge >= 0.3 is 0 Å². The van der Waals surface area contributed by atoms with Crippen LogP contribution in [0.25, 0.3) is 0 Å². The molecule has 1 fully saturated rings. The molecule has 0 spiro atoms. The van der Waals surface area contributed by atoms with Crippen LogP contribution in [-0.4, -0.2) is 56.8 Å². The first-order chi connectivity index (χ1) is 13.9. The van der Waals surface area contributed by atoms with Crippen LogP contribution in [0.15, 0.2) is 54.6 Å². The topological polar surface area (TPSA) is 69.7 Å². The molecule has 6 nitrogen and oxygen atoms in total. The lowest BCUT2D eigenvalue weighted by Gasteiger charge is -2.31. The van der Waals surface area contributed by atoms with Gasteiger partial charge in [-0.2, -0.15) is 4.31 Å². The van der Waals surface area contributed by atoms with Crippen molar-refractivity contribution < 1.29 is 13.2 Å². The fourth-order valence-electron chi connectivity index (χ4n) is 3.47. The minimum Gasteiger partial charge on any atom is -0.345 e. The Labute approximate surface area is 173 Å². The number of carbonyl (C=O) groups is 1. The van der Waals surface area contributed by atoms with E-state index in [1.165, 1.54) is 0 Å². The molecule has 0 aliphatic carbocycles. The number of benzene rings is 2. The van der Waals surface area contributed by atoms with Crippen LogP contribution < -0.4 is 5.32 Å². The summed E-state index contributed by atoms with van der Waals surface area (Å²) in [5, 5.41) is 3.05. The minimum absolute atomic E-state index is 0.0415. The smallest absolute Gasteiger partial charge is 0.251 e. The second-order valence-electron chi connectivity index (χ2n) is 7.50. The van der Waals surface area contributed by atoms with Gasteiger partial charge in [0.25, 0.3) is 5.91 Å². The number of likely N-dealkylation sites (N-methyl/N-ethyl adjacent to an activating group) is 1. The molecule has 2 aromatic rings. The zero-order valence-electron chi connectivity index (χ0n) is 17.0. The van der Waals surface area contributed by atoms with Gasteiger partial charge in [-0.05, 0) is 36.7 Å². The van der Waals surface area contributed by atoms with Crippen LogP contribution in [0.5, 0.6) is 0 Å². The van der Waals surface area contributed by atoms with Crippen molar-refractivity contribution in [1.82, 2.24) is 14.5 Å². The van der Waals surface area contributed by atoms with E-state index >= 15 is 0 Å². The standard InChI is InChI=1S/C22H29N3O3S/c1-3-21(19-7-5-4-6-8-19)23-22(26)20-11-9-18(10-12-20)17-29(27,28)25-15-13-24(2)14-16-25/h4-12,21H,3,13-17H2,1-2H3,(H,23,26)/t21-/m1/s1. The van der Waals surface area contributed by atoms with E-state index in [2.05, 4.69) is 10.2 Å². The lowest BCUT2D eigenvalue weighted by atomic mass is 10.0. The Morgan fingerprint density at radius 1 is 1.00 bits per heavy atom. The highest BCUT2D eigenvalue weighted by Crippen LogP contribution is 2.18. The molecule has 1 heterocycles. The Kier molecular flexibility index (Phi) is 7.05. The van der Waals surface area contributed by atoms with Crippen LogP contribution in [0.1, 0.15) is 40.9 Å². The van der Waals surface area contributed by atoms with Gasteiger partial charge in [-0.3, -0.25) is 4.79 Å². The number of piperazine rings is 1. The van der Waals surface area contributed by atoms with E-state index in [0.717, 1.165) is 25.1 Å². The third kappa shape index (κ3) is 5.65. The van der Waals surface area contributed by atoms with Gasteiger partial charge in [0.05, 0.1) is 11.8 Å². The average Bonchev–Trinajstić information content (AvgIpc) is 2.73. The molecular formula is C22H29N3O3S. The number of hydrogen-bond donors (Lipinski definition) is 1. The lowest BCUT2D eigenvalue weighted by molar-refractivity contribution is 0.0935. The predicted molar refractivity (Wildman–Crippen MR) is 115 cm³/mol. The number of sulfonamides is 1. The maximum absolute atomic E-state index is 12.6. The van der Waals surface area contributed by atoms with E-state index < -0.39 is 10.0 Å². The second kappa shape index (κ2) is 9.52. The van der Waals surface area contributed by atoms with Crippen molar-refractivity contribution in [2.75, 3.05) is 33.2 Å². The quantitative estimate of drug-likeness (QED) is 0.755. The maximum Gasteiger partial charge on any atom is 0.251 e. The fraction of sp³-hybridized carbons (Fsp3) is 0.409. The maximum atomic E-state index is 12.6. The summed E-state index contributed by atoms with van der Waals surface area (Å²) in [6, 6.07) is 16.7. The molecule has 1 aliphatic heterocycles. The molecule has 3 rings (SSSR count). The summed E-state index contributed by atoms with van der Waals surface area (Å²) in [5.74, 6) is -0.200. The molecule has 0 bridgehead atoms. The molecular weight excluding hydrogens is 386 g/mol. The van der Waals surface area contributed by atoms with E-state index in [1.807, 2.05) is 44.3 Å². The second-order valence-corrected chi connectivity index (χ2v) is 9.47. The van der Waals surface area contributed by atoms with Crippen LogP contribution >= 0.6 is 0 Å². The van der Waals surface area contributed by atoms with Crippen molar-refractivity contribution in [2.24, 2.45) is 0 Å². The first-order valence-electron chi connectivity index (χ1n) is 10.00. The number of hydrogen-bond acceptors (Lipinski definition) is 4. The van der Waals surface area contributed by atoms with Crippen LogP contribution in [0, 0.1) is 0 Å². The van der Waals surface area contributed by atoms with Crippen molar-refractivity contribution in [2.45, 2.75) is 25.1 Å². The van der Waals surface area contributed by atoms with Crippen molar-refractivity contribution in [1.29, 1.82) is 0 Å². The third-order valence-electron chi connectivity index (χ3n) is 5.34. The lowest BCUT2D eigenvalue weighted by Crippen LogP contribution is -2.47. The number of nitrogens with zero attached hydrogens (tertiary/aromatic N) is 2. The number of amides is 1. The van der Waals surface area contributed by atoms with Gasteiger partial charge in [-0.1, -0.05) is 49.4 Å². The Bertz CT molecular complexity index is 906. The Morgan fingerprint density at radius 3 is 2.21 bits per heavy atom. The first kappa shape index (κ1) is 21.5. The molecule has 2 aromatic carbocycles. The van der Waals surface area contributed by atoms with Crippen molar-refractivity contribution in [3.63, 3.8) is 0 Å². The number of carbonyl (C=O) groups excluding carboxylic acids is 1. The molecule has 0 radical (unpaired) electrons. The third-order valence-corrected chi connectivity index (χ3v) is 7.19. The van der Waals surface area contributed by atoms with Gasteiger partial charge in [-0.25, -0.2) is 8.42 Å². The summed E-state index contributed by atoms with van der Waals surface area (Å²) >= 11 is 0. The van der Waals surface area contributed by atoms with Crippen LogP contribution in [0.4, 0.5) is 0 Å². The average molecular weight is 416 g/mol. The van der Waals surface area contributed by atoms with Crippen LogP contribution in [0.3, 0.4) is 0 Å². The van der Waals surface area contributed by atoms with Gasteiger partial charge in [0.2, 0.25) is 10.0 Å². The van der Waals surface area contributed by atoms with Crippen LogP contribution in [-0.2, 0) is 15.8 Å². The van der Waals surface area contributed by atoms with Crippen molar-refractivity contribution in [3.05, 3.63) is 71.3 Å². The van der Waals surface area contributed by atoms with Crippen molar-refractivity contribution in [3.8, 4) is 0 Å². The minimum atomic E-state index is -3.35. The highest BCUT2D eigenvalue weighted by molar-refractivity contribution is 7.88. The van der Waals surface area contributed by atoms with E-state index in [-0.39, 0.29) is 17.7 Å². The molecule has 0 saturated carbocycles. The molecule has 0 aromatic heterocycles. The summed E-state index contributed by atoms with van der Waals surface area (Å²) in [6.07, 6.45) is 0.789. The monoisotopic (exact) mass is 415 g/mol. The number of rotatable bonds is 7. The first-order valence-corrected chi connectivity index (χ1v) is 11.6. The molecule has 156 valence electrons. The van der Waals surface area contributed by atoms with E-state index in [9.17, 15) is 13.2 Å². The highest BCUT2D eigenvalue weighted by atomic mass is 32.2. The zero-order chi connectivity index (χ0) is 20.9. The van der Waals surface area contributed by atoms with Gasteiger partial charge in [0.15, 0.2) is 0 Å².